The molecule has 6 heteroatoms. The number of piperidine rings is 3. The molecule has 1 atom stereocenters. The van der Waals surface area contributed by atoms with Gasteiger partial charge in [-0.1, -0.05) is 24.6 Å². The molecule has 4 aliphatic rings. The summed E-state index contributed by atoms with van der Waals surface area (Å²) in [4.78, 5) is 22.8. The lowest BCUT2D eigenvalue weighted by molar-refractivity contribution is -0.134. The van der Waals surface area contributed by atoms with Gasteiger partial charge in [-0.3, -0.25) is 14.7 Å². The second kappa shape index (κ2) is 13.1. The van der Waals surface area contributed by atoms with E-state index in [4.69, 9.17) is 16.6 Å². The lowest BCUT2D eigenvalue weighted by atomic mass is 9.78. The molecular weight excluding hydrogens is 492 g/mol. The maximum absolute atomic E-state index is 12.9. The second-order valence-corrected chi connectivity index (χ2v) is 12.6. The first-order chi connectivity index (χ1) is 18.5. The molecule has 1 amide bonds. The van der Waals surface area contributed by atoms with Crippen LogP contribution in [0.4, 0.5) is 0 Å². The third-order valence-electron chi connectivity index (χ3n) is 9.70. The number of likely N-dealkylation sites (tertiary alicyclic amines) is 2. The van der Waals surface area contributed by atoms with Crippen molar-refractivity contribution in [1.82, 2.24) is 15.1 Å². The van der Waals surface area contributed by atoms with E-state index in [2.05, 4.69) is 53.4 Å². The van der Waals surface area contributed by atoms with Gasteiger partial charge in [-0.25, -0.2) is 0 Å². The topological polar surface area (TPSA) is 47.9 Å². The highest BCUT2D eigenvalue weighted by molar-refractivity contribution is 6.30. The van der Waals surface area contributed by atoms with Crippen LogP contribution in [0.1, 0.15) is 88.8 Å². The first-order valence-corrected chi connectivity index (χ1v) is 15.6. The molecule has 1 aliphatic carbocycles. The van der Waals surface area contributed by atoms with E-state index in [1.54, 1.807) is 0 Å². The van der Waals surface area contributed by atoms with Gasteiger partial charge >= 0.3 is 0 Å². The molecule has 0 radical (unpaired) electrons. The van der Waals surface area contributed by atoms with Gasteiger partial charge < -0.3 is 10.2 Å². The smallest absolute Gasteiger partial charge is 0.222 e. The summed E-state index contributed by atoms with van der Waals surface area (Å²) in [6.07, 6.45) is 13.0. The zero-order valence-electron chi connectivity index (χ0n) is 23.6. The number of hydrogen-bond acceptors (Lipinski definition) is 4. The molecule has 3 heterocycles. The van der Waals surface area contributed by atoms with Crippen molar-refractivity contribution in [2.75, 3.05) is 39.3 Å². The minimum atomic E-state index is 0.225. The van der Waals surface area contributed by atoms with E-state index < -0.39 is 0 Å². The number of halogens is 1. The quantitative estimate of drug-likeness (QED) is 0.425. The third kappa shape index (κ3) is 6.54. The SMILES string of the molecule is CCC=NC1=C(C)CCc2cc(Cl)ccc2C1N1CCC(C2CCN(C(=O)CC3CCNCC3)CC2)CC1. The second-order valence-electron chi connectivity index (χ2n) is 12.1. The average molecular weight is 539 g/mol. The maximum atomic E-state index is 12.9. The Balaban J connectivity index is 1.20. The zero-order valence-corrected chi connectivity index (χ0v) is 24.3. The molecule has 3 fully saturated rings. The van der Waals surface area contributed by atoms with Gasteiger partial charge in [0.2, 0.25) is 5.91 Å². The van der Waals surface area contributed by atoms with Crippen LogP contribution in [-0.2, 0) is 11.2 Å². The molecule has 1 aromatic carbocycles. The lowest BCUT2D eigenvalue weighted by Crippen LogP contribution is -2.44. The number of carbonyl (C=O) groups is 1. The summed E-state index contributed by atoms with van der Waals surface area (Å²) in [6, 6.07) is 6.71. The van der Waals surface area contributed by atoms with Gasteiger partial charge in [0.25, 0.3) is 0 Å². The highest BCUT2D eigenvalue weighted by atomic mass is 35.5. The molecule has 208 valence electrons. The molecule has 5 nitrogen and oxygen atoms in total. The first kappa shape index (κ1) is 27.9. The molecule has 1 unspecified atom stereocenters. The van der Waals surface area contributed by atoms with Crippen LogP contribution in [0.5, 0.6) is 0 Å². The predicted molar refractivity (Wildman–Crippen MR) is 158 cm³/mol. The van der Waals surface area contributed by atoms with Gasteiger partial charge in [-0.15, -0.1) is 0 Å². The Morgan fingerprint density at radius 3 is 2.39 bits per heavy atom. The summed E-state index contributed by atoms with van der Waals surface area (Å²) in [5, 5.41) is 4.25. The fraction of sp³-hybridized carbons (Fsp3) is 0.688. The molecule has 0 aromatic heterocycles. The fourth-order valence-corrected chi connectivity index (χ4v) is 7.55. The molecule has 5 rings (SSSR count). The van der Waals surface area contributed by atoms with E-state index in [9.17, 15) is 4.79 Å². The monoisotopic (exact) mass is 538 g/mol. The molecular formula is C32H47ClN4O. The molecule has 0 spiro atoms. The first-order valence-electron chi connectivity index (χ1n) is 15.3. The summed E-state index contributed by atoms with van der Waals surface area (Å²) in [5.74, 6) is 2.52. The van der Waals surface area contributed by atoms with Crippen LogP contribution in [0, 0.1) is 17.8 Å². The van der Waals surface area contributed by atoms with E-state index in [1.165, 1.54) is 48.1 Å². The van der Waals surface area contributed by atoms with Gasteiger partial charge in [0.1, 0.15) is 0 Å². The molecule has 38 heavy (non-hydrogen) atoms. The number of benzene rings is 1. The minimum Gasteiger partial charge on any atom is -0.343 e. The van der Waals surface area contributed by atoms with E-state index in [0.717, 1.165) is 94.7 Å². The van der Waals surface area contributed by atoms with Crippen LogP contribution in [0.3, 0.4) is 0 Å². The average Bonchev–Trinajstić information content (AvgIpc) is 3.08. The van der Waals surface area contributed by atoms with Gasteiger partial charge in [0.05, 0.1) is 11.7 Å². The summed E-state index contributed by atoms with van der Waals surface area (Å²) in [5.41, 5.74) is 5.45. The van der Waals surface area contributed by atoms with E-state index >= 15 is 0 Å². The van der Waals surface area contributed by atoms with Crippen molar-refractivity contribution in [3.8, 4) is 0 Å². The highest BCUT2D eigenvalue weighted by Gasteiger charge is 2.36. The van der Waals surface area contributed by atoms with Crippen molar-refractivity contribution in [3.63, 3.8) is 0 Å². The van der Waals surface area contributed by atoms with Gasteiger partial charge in [-0.2, -0.15) is 0 Å². The number of allylic oxidation sites excluding steroid dienone is 1. The van der Waals surface area contributed by atoms with Gasteiger partial charge in [0, 0.05) is 30.7 Å². The number of carbonyl (C=O) groups excluding carboxylic acids is 1. The zero-order chi connectivity index (χ0) is 26.5. The van der Waals surface area contributed by atoms with Crippen LogP contribution in [0.15, 0.2) is 34.5 Å². The largest absolute Gasteiger partial charge is 0.343 e. The number of nitrogens with zero attached hydrogens (tertiary/aromatic N) is 3. The van der Waals surface area contributed by atoms with Crippen LogP contribution in [-0.4, -0.2) is 61.2 Å². The van der Waals surface area contributed by atoms with E-state index in [-0.39, 0.29) is 6.04 Å². The fourth-order valence-electron chi connectivity index (χ4n) is 7.36. The standard InChI is InChI=1S/C32H47ClN4O/c1-3-14-35-31-23(2)4-5-27-22-28(33)6-7-29(27)32(31)37-19-12-26(13-20-37)25-10-17-36(18-11-25)30(38)21-24-8-15-34-16-9-24/h6-7,14,22,24-26,32,34H,3-5,8-13,15-21H2,1-2H3. The summed E-state index contributed by atoms with van der Waals surface area (Å²) >= 11 is 6.42. The third-order valence-corrected chi connectivity index (χ3v) is 9.93. The van der Waals surface area contributed by atoms with Crippen LogP contribution in [0.25, 0.3) is 0 Å². The molecule has 1 N–H and O–H groups in total. The minimum absolute atomic E-state index is 0.225. The molecule has 0 saturated carbocycles. The number of hydrogen-bond donors (Lipinski definition) is 1. The number of rotatable bonds is 6. The van der Waals surface area contributed by atoms with Crippen molar-refractivity contribution in [2.24, 2.45) is 22.7 Å². The van der Waals surface area contributed by atoms with E-state index in [0.29, 0.717) is 11.8 Å². The Kier molecular flexibility index (Phi) is 9.61. The molecule has 3 aliphatic heterocycles. The van der Waals surface area contributed by atoms with Crippen molar-refractivity contribution in [3.05, 3.63) is 45.6 Å². The predicted octanol–water partition coefficient (Wildman–Crippen LogP) is 6.42. The maximum Gasteiger partial charge on any atom is 0.222 e. The van der Waals surface area contributed by atoms with Crippen LogP contribution >= 0.6 is 11.6 Å². The van der Waals surface area contributed by atoms with Crippen LogP contribution < -0.4 is 5.32 Å². The molecule has 3 saturated heterocycles. The van der Waals surface area contributed by atoms with Crippen molar-refractivity contribution in [2.45, 2.75) is 84.1 Å². The van der Waals surface area contributed by atoms with Crippen molar-refractivity contribution < 1.29 is 4.79 Å². The summed E-state index contributed by atoms with van der Waals surface area (Å²) < 4.78 is 0. The van der Waals surface area contributed by atoms with Gasteiger partial charge in [-0.05, 0) is 137 Å². The van der Waals surface area contributed by atoms with Gasteiger partial charge in [0.15, 0.2) is 0 Å². The number of aliphatic imine (C=N–C) groups is 1. The lowest BCUT2D eigenvalue weighted by Gasteiger charge is -2.43. The Morgan fingerprint density at radius 2 is 1.71 bits per heavy atom. The van der Waals surface area contributed by atoms with E-state index in [1.807, 2.05) is 0 Å². The number of amides is 1. The van der Waals surface area contributed by atoms with Crippen LogP contribution in [0.2, 0.25) is 5.02 Å². The molecule has 0 bridgehead atoms. The number of nitrogens with one attached hydrogen (secondary N) is 1. The van der Waals surface area contributed by atoms with Crippen molar-refractivity contribution in [1.29, 1.82) is 0 Å². The Hall–Kier alpha value is -1.69. The number of fused-ring (bicyclic) bond motifs is 1. The summed E-state index contributed by atoms with van der Waals surface area (Å²) in [7, 11) is 0. The summed E-state index contributed by atoms with van der Waals surface area (Å²) in [6.45, 7) is 10.7. The normalized spacial score (nSPS) is 25.1. The number of aryl methyl sites for hydroxylation is 1. The van der Waals surface area contributed by atoms with Crippen molar-refractivity contribution >= 4 is 23.7 Å². The molecule has 1 aromatic rings. The Bertz CT molecular complexity index is 1010. The Morgan fingerprint density at radius 1 is 1.03 bits per heavy atom. The Labute approximate surface area is 235 Å². The highest BCUT2D eigenvalue weighted by Crippen LogP contribution is 2.42.